The zero-order chi connectivity index (χ0) is 19.2. The number of benzene rings is 1. The van der Waals surface area contributed by atoms with Crippen LogP contribution in [0.2, 0.25) is 0 Å². The molecule has 4 nitrogen and oxygen atoms in total. The zero-order valence-corrected chi connectivity index (χ0v) is 15.3. The van der Waals surface area contributed by atoms with Gasteiger partial charge in [-0.15, -0.1) is 0 Å². The van der Waals surface area contributed by atoms with Crippen molar-refractivity contribution in [3.05, 3.63) is 35.4 Å². The first-order valence-electron chi connectivity index (χ1n) is 9.04. The second kappa shape index (κ2) is 9.26. The molecular formula is C19H27F3N2O2. The van der Waals surface area contributed by atoms with Crippen LogP contribution in [0.5, 0.6) is 0 Å². The van der Waals surface area contributed by atoms with Crippen LogP contribution in [0.25, 0.3) is 0 Å². The number of urea groups is 1. The Morgan fingerprint density at radius 3 is 2.65 bits per heavy atom. The van der Waals surface area contributed by atoms with E-state index in [0.29, 0.717) is 19.1 Å². The smallest absolute Gasteiger partial charge is 0.376 e. The Labute approximate surface area is 152 Å². The van der Waals surface area contributed by atoms with E-state index in [4.69, 9.17) is 4.74 Å². The lowest BCUT2D eigenvalue weighted by Crippen LogP contribution is -2.39. The SMILES string of the molecule is CC1CCCCC1OCCNC(=O)N(C)Cc1ccccc1C(F)(F)F. The van der Waals surface area contributed by atoms with Crippen LogP contribution >= 0.6 is 0 Å². The lowest BCUT2D eigenvalue weighted by Gasteiger charge is -2.29. The van der Waals surface area contributed by atoms with Gasteiger partial charge in [-0.25, -0.2) is 4.79 Å². The Balaban J connectivity index is 1.78. The molecule has 1 fully saturated rings. The molecular weight excluding hydrogens is 345 g/mol. The minimum atomic E-state index is -4.43. The van der Waals surface area contributed by atoms with Gasteiger partial charge in [0.05, 0.1) is 18.3 Å². The van der Waals surface area contributed by atoms with Crippen LogP contribution in [0.1, 0.15) is 43.7 Å². The lowest BCUT2D eigenvalue weighted by molar-refractivity contribution is -0.138. The van der Waals surface area contributed by atoms with E-state index < -0.39 is 17.8 Å². The number of carbonyl (C=O) groups is 1. The number of hydrogen-bond acceptors (Lipinski definition) is 2. The third kappa shape index (κ3) is 5.90. The number of nitrogens with zero attached hydrogens (tertiary/aromatic N) is 1. The molecule has 7 heteroatoms. The van der Waals surface area contributed by atoms with Crippen molar-refractivity contribution in [1.29, 1.82) is 0 Å². The number of nitrogens with one attached hydrogen (secondary N) is 1. The van der Waals surface area contributed by atoms with Gasteiger partial charge in [-0.1, -0.05) is 38.0 Å². The maximum absolute atomic E-state index is 13.0. The first kappa shape index (κ1) is 20.6. The van der Waals surface area contributed by atoms with Gasteiger partial charge in [0.25, 0.3) is 0 Å². The predicted molar refractivity (Wildman–Crippen MR) is 93.7 cm³/mol. The van der Waals surface area contributed by atoms with E-state index >= 15 is 0 Å². The lowest BCUT2D eigenvalue weighted by atomic mass is 9.88. The summed E-state index contributed by atoms with van der Waals surface area (Å²) in [7, 11) is 1.48. The molecule has 1 aliphatic carbocycles. The molecule has 2 rings (SSSR count). The highest BCUT2D eigenvalue weighted by molar-refractivity contribution is 5.73. The molecule has 1 aromatic rings. The molecule has 0 aliphatic heterocycles. The number of rotatable bonds is 6. The van der Waals surface area contributed by atoms with Crippen molar-refractivity contribution < 1.29 is 22.7 Å². The van der Waals surface area contributed by atoms with Crippen LogP contribution in [0.3, 0.4) is 0 Å². The monoisotopic (exact) mass is 372 g/mol. The highest BCUT2D eigenvalue weighted by Gasteiger charge is 2.33. The first-order valence-corrected chi connectivity index (χ1v) is 9.04. The highest BCUT2D eigenvalue weighted by Crippen LogP contribution is 2.32. The van der Waals surface area contributed by atoms with E-state index in [-0.39, 0.29) is 18.2 Å². The summed E-state index contributed by atoms with van der Waals surface area (Å²) in [5.41, 5.74) is -0.640. The molecule has 1 N–H and O–H groups in total. The second-order valence-electron chi connectivity index (χ2n) is 6.91. The fraction of sp³-hybridized carbons (Fsp3) is 0.632. The number of carbonyl (C=O) groups excluding carboxylic acids is 1. The van der Waals surface area contributed by atoms with Gasteiger partial charge in [-0.05, 0) is 30.4 Å². The summed E-state index contributed by atoms with van der Waals surface area (Å²) >= 11 is 0. The molecule has 2 amide bonds. The summed E-state index contributed by atoms with van der Waals surface area (Å²) in [4.78, 5) is 13.3. The van der Waals surface area contributed by atoms with Crippen LogP contribution in [0.4, 0.5) is 18.0 Å². The molecule has 2 atom stereocenters. The Kier molecular flexibility index (Phi) is 7.32. The minimum Gasteiger partial charge on any atom is -0.376 e. The molecule has 26 heavy (non-hydrogen) atoms. The topological polar surface area (TPSA) is 41.6 Å². The third-order valence-electron chi connectivity index (χ3n) is 4.82. The van der Waals surface area contributed by atoms with Crippen molar-refractivity contribution in [3.8, 4) is 0 Å². The van der Waals surface area contributed by atoms with Gasteiger partial charge < -0.3 is 15.0 Å². The molecule has 1 aromatic carbocycles. The van der Waals surface area contributed by atoms with E-state index in [1.54, 1.807) is 0 Å². The summed E-state index contributed by atoms with van der Waals surface area (Å²) in [6.45, 7) is 2.82. The molecule has 0 heterocycles. The maximum Gasteiger partial charge on any atom is 0.416 e. The maximum atomic E-state index is 13.0. The van der Waals surface area contributed by atoms with Gasteiger partial charge in [0, 0.05) is 20.1 Å². The van der Waals surface area contributed by atoms with Crippen LogP contribution in [-0.4, -0.2) is 37.2 Å². The minimum absolute atomic E-state index is 0.0740. The third-order valence-corrected chi connectivity index (χ3v) is 4.82. The van der Waals surface area contributed by atoms with Crippen LogP contribution < -0.4 is 5.32 Å². The summed E-state index contributed by atoms with van der Waals surface area (Å²) in [6, 6.07) is 4.88. The average molecular weight is 372 g/mol. The summed E-state index contributed by atoms with van der Waals surface area (Å²) in [6.07, 6.45) is 0.419. The summed E-state index contributed by atoms with van der Waals surface area (Å²) < 4.78 is 44.9. The molecule has 146 valence electrons. The molecule has 0 saturated heterocycles. The van der Waals surface area contributed by atoms with Crippen molar-refractivity contribution >= 4 is 6.03 Å². The fourth-order valence-corrected chi connectivity index (χ4v) is 3.30. The average Bonchev–Trinajstić information content (AvgIpc) is 2.59. The number of ether oxygens (including phenoxy) is 1. The molecule has 1 saturated carbocycles. The largest absolute Gasteiger partial charge is 0.416 e. The van der Waals surface area contributed by atoms with Gasteiger partial charge in [-0.2, -0.15) is 13.2 Å². The quantitative estimate of drug-likeness (QED) is 0.750. The zero-order valence-electron chi connectivity index (χ0n) is 15.3. The van der Waals surface area contributed by atoms with Crippen LogP contribution in [0, 0.1) is 5.92 Å². The van der Waals surface area contributed by atoms with Crippen molar-refractivity contribution in [2.24, 2.45) is 5.92 Å². The van der Waals surface area contributed by atoms with Gasteiger partial charge in [0.2, 0.25) is 0 Å². The van der Waals surface area contributed by atoms with Gasteiger partial charge in [-0.3, -0.25) is 0 Å². The number of halogens is 3. The van der Waals surface area contributed by atoms with Gasteiger partial charge >= 0.3 is 12.2 Å². The normalized spacial score (nSPS) is 20.7. The Hall–Kier alpha value is -1.76. The van der Waals surface area contributed by atoms with Crippen molar-refractivity contribution in [3.63, 3.8) is 0 Å². The van der Waals surface area contributed by atoms with Crippen molar-refractivity contribution in [2.75, 3.05) is 20.2 Å². The molecule has 0 spiro atoms. The van der Waals surface area contributed by atoms with E-state index in [0.717, 1.165) is 12.5 Å². The standard InChI is InChI=1S/C19H27F3N2O2/c1-14-7-3-6-10-17(14)26-12-11-23-18(25)24(2)13-15-8-4-5-9-16(15)19(20,21)22/h4-5,8-9,14,17H,3,6-7,10-13H2,1-2H3,(H,23,25). The van der Waals surface area contributed by atoms with Gasteiger partial charge in [0.1, 0.15) is 0 Å². The predicted octanol–water partition coefficient (Wildman–Crippen LogP) is 4.44. The van der Waals surface area contributed by atoms with E-state index in [2.05, 4.69) is 12.2 Å². The van der Waals surface area contributed by atoms with E-state index in [1.165, 1.54) is 49.4 Å². The number of alkyl halides is 3. The first-order chi connectivity index (χ1) is 12.3. The Bertz CT molecular complexity index is 592. The van der Waals surface area contributed by atoms with Crippen molar-refractivity contribution in [1.82, 2.24) is 10.2 Å². The molecule has 0 bridgehead atoms. The fourth-order valence-electron chi connectivity index (χ4n) is 3.30. The molecule has 1 aliphatic rings. The van der Waals surface area contributed by atoms with Crippen molar-refractivity contribution in [2.45, 2.75) is 51.4 Å². The van der Waals surface area contributed by atoms with Crippen LogP contribution in [0.15, 0.2) is 24.3 Å². The summed E-state index contributed by atoms with van der Waals surface area (Å²) in [5, 5.41) is 2.70. The second-order valence-corrected chi connectivity index (χ2v) is 6.91. The summed E-state index contributed by atoms with van der Waals surface area (Å²) in [5.74, 6) is 0.529. The Morgan fingerprint density at radius 2 is 1.96 bits per heavy atom. The Morgan fingerprint density at radius 1 is 1.27 bits per heavy atom. The molecule has 0 aromatic heterocycles. The number of hydrogen-bond donors (Lipinski definition) is 1. The highest BCUT2D eigenvalue weighted by atomic mass is 19.4. The molecule has 0 radical (unpaired) electrons. The van der Waals surface area contributed by atoms with Gasteiger partial charge in [0.15, 0.2) is 0 Å². The van der Waals surface area contributed by atoms with Crippen LogP contribution in [-0.2, 0) is 17.5 Å². The van der Waals surface area contributed by atoms with E-state index in [1.807, 2.05) is 0 Å². The number of amides is 2. The van der Waals surface area contributed by atoms with E-state index in [9.17, 15) is 18.0 Å². The molecule has 2 unspecified atom stereocenters.